The first-order valence-corrected chi connectivity index (χ1v) is 10.3. The number of methoxy groups -OCH3 is 1. The predicted octanol–water partition coefficient (Wildman–Crippen LogP) is 5.26. The topological polar surface area (TPSA) is 75.0 Å². The highest BCUT2D eigenvalue weighted by Gasteiger charge is 2.12. The Balaban J connectivity index is 1.41. The predicted molar refractivity (Wildman–Crippen MR) is 127 cm³/mol. The summed E-state index contributed by atoms with van der Waals surface area (Å²) in [5.41, 5.74) is 2.74. The fraction of sp³-hybridized carbons (Fsp3) is 0.111. The molecular formula is C27H22O6. The van der Waals surface area contributed by atoms with Gasteiger partial charge in [-0.1, -0.05) is 48.6 Å². The van der Waals surface area contributed by atoms with Crippen LogP contribution in [-0.2, 0) is 4.79 Å². The maximum Gasteiger partial charge on any atom is 0.349 e. The molecule has 0 saturated carbocycles. The molecule has 0 aliphatic heterocycles. The van der Waals surface area contributed by atoms with E-state index in [1.165, 1.54) is 13.2 Å². The van der Waals surface area contributed by atoms with Gasteiger partial charge < -0.3 is 18.6 Å². The number of ether oxygens (including phenoxy) is 3. The van der Waals surface area contributed by atoms with Crippen molar-refractivity contribution in [1.29, 1.82) is 0 Å². The third-order valence-electron chi connectivity index (χ3n) is 4.96. The van der Waals surface area contributed by atoms with E-state index in [0.29, 0.717) is 22.8 Å². The zero-order valence-corrected chi connectivity index (χ0v) is 18.2. The van der Waals surface area contributed by atoms with Crippen LogP contribution >= 0.6 is 0 Å². The quantitative estimate of drug-likeness (QED) is 0.168. The molecule has 0 atom stereocenters. The Kier molecular flexibility index (Phi) is 6.55. The van der Waals surface area contributed by atoms with Crippen molar-refractivity contribution in [3.05, 3.63) is 99.9 Å². The van der Waals surface area contributed by atoms with Gasteiger partial charge in [-0.15, -0.1) is 0 Å². The summed E-state index contributed by atoms with van der Waals surface area (Å²) in [5.74, 6) is 0.526. The summed E-state index contributed by atoms with van der Waals surface area (Å²) in [6, 6.07) is 21.7. The summed E-state index contributed by atoms with van der Waals surface area (Å²) < 4.78 is 21.5. The Hall–Kier alpha value is -4.32. The molecule has 1 aromatic heterocycles. The van der Waals surface area contributed by atoms with Crippen LogP contribution in [0.3, 0.4) is 0 Å². The van der Waals surface area contributed by atoms with Gasteiger partial charge in [-0.05, 0) is 47.9 Å². The SMILES string of the molecule is COc1cc(C=Cc2ccccc2)ccc1OC(=O)COc1ccc2c(C)cc(=O)oc2c1. The minimum absolute atomic E-state index is 0.295. The Morgan fingerprint density at radius 2 is 1.70 bits per heavy atom. The highest BCUT2D eigenvalue weighted by Crippen LogP contribution is 2.29. The molecule has 0 bridgehead atoms. The second kappa shape index (κ2) is 9.87. The van der Waals surface area contributed by atoms with Crippen molar-refractivity contribution in [3.63, 3.8) is 0 Å². The summed E-state index contributed by atoms with van der Waals surface area (Å²) in [6.45, 7) is 1.51. The summed E-state index contributed by atoms with van der Waals surface area (Å²) in [6.07, 6.45) is 3.94. The molecule has 0 aliphatic rings. The van der Waals surface area contributed by atoms with Crippen molar-refractivity contribution in [2.75, 3.05) is 13.7 Å². The van der Waals surface area contributed by atoms with E-state index in [0.717, 1.165) is 22.1 Å². The van der Waals surface area contributed by atoms with E-state index < -0.39 is 11.6 Å². The van der Waals surface area contributed by atoms with E-state index in [4.69, 9.17) is 18.6 Å². The lowest BCUT2D eigenvalue weighted by molar-refractivity contribution is -0.136. The molecule has 4 rings (SSSR count). The van der Waals surface area contributed by atoms with Gasteiger partial charge >= 0.3 is 11.6 Å². The van der Waals surface area contributed by atoms with Crippen LogP contribution in [0.15, 0.2) is 82.0 Å². The van der Waals surface area contributed by atoms with Gasteiger partial charge in [0.25, 0.3) is 0 Å². The first kappa shape index (κ1) is 21.9. The minimum Gasteiger partial charge on any atom is -0.493 e. The molecule has 0 unspecified atom stereocenters. The normalized spacial score (nSPS) is 11.0. The lowest BCUT2D eigenvalue weighted by Crippen LogP contribution is -2.18. The Bertz CT molecular complexity index is 1370. The van der Waals surface area contributed by atoms with Crippen LogP contribution in [0.4, 0.5) is 0 Å². The average molecular weight is 442 g/mol. The highest BCUT2D eigenvalue weighted by atomic mass is 16.6. The second-order valence-corrected chi connectivity index (χ2v) is 7.32. The molecule has 0 N–H and O–H groups in total. The molecule has 0 spiro atoms. The standard InChI is InChI=1S/C27H22O6/c1-18-14-26(28)33-24-16-21(11-12-22(18)24)31-17-27(29)32-23-13-10-20(15-25(23)30-2)9-8-19-6-4-3-5-7-19/h3-16H,17H2,1-2H3. The fourth-order valence-electron chi connectivity index (χ4n) is 3.32. The Morgan fingerprint density at radius 3 is 2.48 bits per heavy atom. The lowest BCUT2D eigenvalue weighted by atomic mass is 10.1. The summed E-state index contributed by atoms with van der Waals surface area (Å²) in [4.78, 5) is 23.9. The zero-order chi connectivity index (χ0) is 23.2. The molecule has 0 aliphatic carbocycles. The van der Waals surface area contributed by atoms with Gasteiger partial charge in [0.1, 0.15) is 11.3 Å². The van der Waals surface area contributed by atoms with Crippen molar-refractivity contribution in [1.82, 2.24) is 0 Å². The van der Waals surface area contributed by atoms with E-state index in [2.05, 4.69) is 0 Å². The monoisotopic (exact) mass is 442 g/mol. The van der Waals surface area contributed by atoms with Gasteiger partial charge in [0.05, 0.1) is 7.11 Å². The number of fused-ring (bicyclic) bond motifs is 1. The maximum absolute atomic E-state index is 12.3. The van der Waals surface area contributed by atoms with Crippen LogP contribution in [0.25, 0.3) is 23.1 Å². The summed E-state index contributed by atoms with van der Waals surface area (Å²) in [5, 5.41) is 0.802. The number of carbonyl (C=O) groups is 1. The number of aryl methyl sites for hydroxylation is 1. The third kappa shape index (κ3) is 5.49. The van der Waals surface area contributed by atoms with Gasteiger partial charge in [-0.2, -0.15) is 0 Å². The molecule has 4 aromatic rings. The zero-order valence-electron chi connectivity index (χ0n) is 18.2. The van der Waals surface area contributed by atoms with Crippen molar-refractivity contribution >= 4 is 29.1 Å². The van der Waals surface area contributed by atoms with Gasteiger partial charge in [0, 0.05) is 17.5 Å². The molecular weight excluding hydrogens is 420 g/mol. The van der Waals surface area contributed by atoms with Crippen LogP contribution in [0.1, 0.15) is 16.7 Å². The van der Waals surface area contributed by atoms with Crippen LogP contribution in [-0.4, -0.2) is 19.7 Å². The van der Waals surface area contributed by atoms with Gasteiger partial charge in [0.15, 0.2) is 18.1 Å². The Morgan fingerprint density at radius 1 is 0.909 bits per heavy atom. The number of benzene rings is 3. The third-order valence-corrected chi connectivity index (χ3v) is 4.96. The highest BCUT2D eigenvalue weighted by molar-refractivity contribution is 5.81. The van der Waals surface area contributed by atoms with E-state index in [1.54, 1.807) is 30.3 Å². The molecule has 0 radical (unpaired) electrons. The molecule has 33 heavy (non-hydrogen) atoms. The first-order chi connectivity index (χ1) is 16.0. The molecule has 0 saturated heterocycles. The largest absolute Gasteiger partial charge is 0.493 e. The number of hydrogen-bond acceptors (Lipinski definition) is 6. The number of hydrogen-bond donors (Lipinski definition) is 0. The van der Waals surface area contributed by atoms with E-state index in [9.17, 15) is 9.59 Å². The van der Waals surface area contributed by atoms with E-state index in [-0.39, 0.29) is 6.61 Å². The van der Waals surface area contributed by atoms with Gasteiger partial charge in [-0.25, -0.2) is 9.59 Å². The van der Waals surface area contributed by atoms with Gasteiger partial charge in [0.2, 0.25) is 0 Å². The summed E-state index contributed by atoms with van der Waals surface area (Å²) >= 11 is 0. The number of rotatable bonds is 7. The molecule has 166 valence electrons. The van der Waals surface area contributed by atoms with Crippen molar-refractivity contribution in [3.8, 4) is 17.2 Å². The molecule has 6 heteroatoms. The van der Waals surface area contributed by atoms with Crippen LogP contribution in [0.2, 0.25) is 0 Å². The molecule has 6 nitrogen and oxygen atoms in total. The van der Waals surface area contributed by atoms with Crippen LogP contribution in [0, 0.1) is 6.92 Å². The maximum atomic E-state index is 12.3. The van der Waals surface area contributed by atoms with Crippen LogP contribution < -0.4 is 19.8 Å². The fourth-order valence-corrected chi connectivity index (χ4v) is 3.32. The van der Waals surface area contributed by atoms with Crippen LogP contribution in [0.5, 0.6) is 17.2 Å². The molecule has 0 amide bonds. The van der Waals surface area contributed by atoms with Crippen molar-refractivity contribution < 1.29 is 23.4 Å². The van der Waals surface area contributed by atoms with E-state index in [1.807, 2.05) is 55.5 Å². The first-order valence-electron chi connectivity index (χ1n) is 10.3. The van der Waals surface area contributed by atoms with Crippen molar-refractivity contribution in [2.24, 2.45) is 0 Å². The molecule has 3 aromatic carbocycles. The molecule has 1 heterocycles. The summed E-state index contributed by atoms with van der Waals surface area (Å²) in [7, 11) is 1.51. The average Bonchev–Trinajstić information content (AvgIpc) is 2.82. The number of carbonyl (C=O) groups excluding carboxylic acids is 1. The second-order valence-electron chi connectivity index (χ2n) is 7.32. The molecule has 0 fully saturated rings. The van der Waals surface area contributed by atoms with E-state index >= 15 is 0 Å². The van der Waals surface area contributed by atoms with Crippen molar-refractivity contribution in [2.45, 2.75) is 6.92 Å². The minimum atomic E-state index is -0.591. The number of esters is 1. The smallest absolute Gasteiger partial charge is 0.349 e. The van der Waals surface area contributed by atoms with Gasteiger partial charge in [-0.3, -0.25) is 0 Å². The lowest BCUT2D eigenvalue weighted by Gasteiger charge is -2.11. The Labute approximate surface area is 190 Å².